The molecule has 2 aromatic heterocycles. The zero-order valence-electron chi connectivity index (χ0n) is 11.0. The summed E-state index contributed by atoms with van der Waals surface area (Å²) >= 11 is 1.68. The van der Waals surface area contributed by atoms with Crippen molar-refractivity contribution in [2.75, 3.05) is 5.73 Å². The number of nitrogens with zero attached hydrogens (tertiary/aromatic N) is 4. The number of nitrogen functional groups attached to an aromatic ring is 1. The molecule has 0 spiro atoms. The molecular formula is C14H13N5S. The van der Waals surface area contributed by atoms with Gasteiger partial charge in [-0.25, -0.2) is 9.97 Å². The van der Waals surface area contributed by atoms with Gasteiger partial charge in [-0.2, -0.15) is 5.26 Å². The van der Waals surface area contributed by atoms with Crippen LogP contribution in [0, 0.1) is 11.3 Å². The first-order chi connectivity index (χ1) is 9.71. The van der Waals surface area contributed by atoms with Crippen molar-refractivity contribution in [3.05, 3.63) is 39.8 Å². The second kappa shape index (κ2) is 4.94. The van der Waals surface area contributed by atoms with E-state index in [-0.39, 0.29) is 0 Å². The second-order valence-electron chi connectivity index (χ2n) is 4.45. The van der Waals surface area contributed by atoms with Crippen molar-refractivity contribution < 1.29 is 0 Å². The molecule has 100 valence electrons. The minimum Gasteiger partial charge on any atom is -0.369 e. The van der Waals surface area contributed by atoms with Crippen LogP contribution in [0.5, 0.6) is 0 Å². The molecule has 20 heavy (non-hydrogen) atoms. The van der Waals surface area contributed by atoms with Crippen LogP contribution in [-0.4, -0.2) is 14.5 Å². The Morgan fingerprint density at radius 2 is 2.30 bits per heavy atom. The van der Waals surface area contributed by atoms with Crippen molar-refractivity contribution >= 4 is 28.3 Å². The van der Waals surface area contributed by atoms with E-state index < -0.39 is 0 Å². The molecule has 2 heterocycles. The first kappa shape index (κ1) is 12.6. The minimum atomic E-state index is 0.448. The van der Waals surface area contributed by atoms with Crippen molar-refractivity contribution in [3.63, 3.8) is 0 Å². The number of hydrogen-bond donors (Lipinski definition) is 1. The first-order valence-corrected chi connectivity index (χ1v) is 7.12. The van der Waals surface area contributed by atoms with Crippen LogP contribution in [-0.2, 0) is 13.0 Å². The van der Waals surface area contributed by atoms with Crippen LogP contribution in [0.25, 0.3) is 11.0 Å². The van der Waals surface area contributed by atoms with Gasteiger partial charge in [-0.3, -0.25) is 0 Å². The molecule has 0 saturated heterocycles. The average Bonchev–Trinajstić information content (AvgIpc) is 3.04. The molecule has 0 radical (unpaired) electrons. The molecule has 3 rings (SSSR count). The summed E-state index contributed by atoms with van der Waals surface area (Å²) in [6.45, 7) is 2.69. The van der Waals surface area contributed by atoms with Crippen molar-refractivity contribution in [1.29, 1.82) is 5.26 Å². The van der Waals surface area contributed by atoms with Gasteiger partial charge in [-0.1, -0.05) is 6.92 Å². The molecule has 1 aromatic carbocycles. The average molecular weight is 283 g/mol. The van der Waals surface area contributed by atoms with E-state index >= 15 is 0 Å². The fourth-order valence-corrected chi connectivity index (χ4v) is 2.95. The monoisotopic (exact) mass is 283 g/mol. The van der Waals surface area contributed by atoms with E-state index in [1.165, 1.54) is 4.88 Å². The zero-order valence-corrected chi connectivity index (χ0v) is 11.8. The van der Waals surface area contributed by atoms with Crippen LogP contribution in [0.2, 0.25) is 0 Å². The summed E-state index contributed by atoms with van der Waals surface area (Å²) < 4.78 is 1.90. The van der Waals surface area contributed by atoms with Gasteiger partial charge in [0.2, 0.25) is 5.95 Å². The lowest BCUT2D eigenvalue weighted by molar-refractivity contribution is 0.829. The highest BCUT2D eigenvalue weighted by molar-refractivity contribution is 7.11. The molecule has 0 aliphatic carbocycles. The van der Waals surface area contributed by atoms with Crippen molar-refractivity contribution in [2.24, 2.45) is 0 Å². The summed E-state index contributed by atoms with van der Waals surface area (Å²) in [4.78, 5) is 9.97. The lowest BCUT2D eigenvalue weighted by Gasteiger charge is -2.03. The van der Waals surface area contributed by atoms with Gasteiger partial charge in [0.1, 0.15) is 5.01 Å². The number of thiazole rings is 1. The van der Waals surface area contributed by atoms with Gasteiger partial charge in [-0.15, -0.1) is 11.3 Å². The van der Waals surface area contributed by atoms with Crippen molar-refractivity contribution in [1.82, 2.24) is 14.5 Å². The molecule has 3 aromatic rings. The zero-order chi connectivity index (χ0) is 14.1. The number of hydrogen-bond acceptors (Lipinski definition) is 5. The Morgan fingerprint density at radius 3 is 3.00 bits per heavy atom. The van der Waals surface area contributed by atoms with Gasteiger partial charge in [0.25, 0.3) is 0 Å². The van der Waals surface area contributed by atoms with E-state index in [1.807, 2.05) is 22.9 Å². The first-order valence-electron chi connectivity index (χ1n) is 6.30. The van der Waals surface area contributed by atoms with Crippen LogP contribution < -0.4 is 5.73 Å². The minimum absolute atomic E-state index is 0.448. The Morgan fingerprint density at radius 1 is 1.45 bits per heavy atom. The number of nitrogens with two attached hydrogens (primary N) is 1. The fourth-order valence-electron chi connectivity index (χ4n) is 2.10. The third-order valence-corrected chi connectivity index (χ3v) is 4.28. The summed E-state index contributed by atoms with van der Waals surface area (Å²) in [7, 11) is 0. The Hall–Kier alpha value is -2.39. The van der Waals surface area contributed by atoms with E-state index in [9.17, 15) is 0 Å². The molecule has 0 unspecified atom stereocenters. The molecule has 5 nitrogen and oxygen atoms in total. The third kappa shape index (κ3) is 2.12. The molecule has 0 aliphatic heterocycles. The van der Waals surface area contributed by atoms with Crippen LogP contribution in [0.1, 0.15) is 22.4 Å². The number of rotatable bonds is 3. The summed E-state index contributed by atoms with van der Waals surface area (Å²) in [5.74, 6) is 0.448. The molecule has 0 saturated carbocycles. The highest BCUT2D eigenvalue weighted by atomic mass is 32.1. The van der Waals surface area contributed by atoms with Crippen LogP contribution in [0.4, 0.5) is 5.95 Å². The molecule has 0 amide bonds. The van der Waals surface area contributed by atoms with Gasteiger partial charge in [0.05, 0.1) is 29.2 Å². The van der Waals surface area contributed by atoms with Crippen LogP contribution in [0.15, 0.2) is 24.4 Å². The second-order valence-corrected chi connectivity index (χ2v) is 5.65. The smallest absolute Gasteiger partial charge is 0.201 e. The van der Waals surface area contributed by atoms with E-state index in [0.29, 0.717) is 18.1 Å². The maximum Gasteiger partial charge on any atom is 0.201 e. The van der Waals surface area contributed by atoms with Gasteiger partial charge in [0.15, 0.2) is 0 Å². The van der Waals surface area contributed by atoms with Crippen LogP contribution in [0.3, 0.4) is 0 Å². The van der Waals surface area contributed by atoms with Crippen molar-refractivity contribution in [2.45, 2.75) is 19.9 Å². The number of nitriles is 1. The van der Waals surface area contributed by atoms with E-state index in [4.69, 9.17) is 11.0 Å². The van der Waals surface area contributed by atoms with Gasteiger partial charge in [0, 0.05) is 11.1 Å². The van der Waals surface area contributed by atoms with Crippen molar-refractivity contribution in [3.8, 4) is 6.07 Å². The molecule has 0 bridgehead atoms. The predicted octanol–water partition coefficient (Wildman–Crippen LogP) is 2.56. The summed E-state index contributed by atoms with van der Waals surface area (Å²) in [5, 5.41) is 9.99. The number of imidazole rings is 1. The Kier molecular flexibility index (Phi) is 3.12. The molecule has 0 fully saturated rings. The van der Waals surface area contributed by atoms with Gasteiger partial charge >= 0.3 is 0 Å². The Bertz CT molecular complexity index is 809. The molecule has 0 atom stereocenters. The normalized spacial score (nSPS) is 10.8. The molecule has 0 aliphatic rings. The lowest BCUT2D eigenvalue weighted by Crippen LogP contribution is -2.04. The van der Waals surface area contributed by atoms with E-state index in [2.05, 4.69) is 23.0 Å². The molecular weight excluding hydrogens is 270 g/mol. The maximum absolute atomic E-state index is 9.00. The number of aryl methyl sites for hydroxylation is 1. The third-order valence-electron chi connectivity index (χ3n) is 3.15. The highest BCUT2D eigenvalue weighted by Gasteiger charge is 2.11. The van der Waals surface area contributed by atoms with Gasteiger partial charge < -0.3 is 10.3 Å². The fraction of sp³-hybridized carbons (Fsp3) is 0.214. The number of benzene rings is 1. The summed E-state index contributed by atoms with van der Waals surface area (Å²) in [5.41, 5.74) is 8.25. The molecule has 2 N–H and O–H groups in total. The van der Waals surface area contributed by atoms with E-state index in [1.54, 1.807) is 17.4 Å². The largest absolute Gasteiger partial charge is 0.369 e. The van der Waals surface area contributed by atoms with Gasteiger partial charge in [-0.05, 0) is 24.6 Å². The SMILES string of the molecule is CCc1cnc(Cn2c(N)nc3ccc(C#N)cc32)s1. The summed E-state index contributed by atoms with van der Waals surface area (Å²) in [6.07, 6.45) is 2.88. The maximum atomic E-state index is 9.00. The lowest BCUT2D eigenvalue weighted by atomic mass is 10.2. The topological polar surface area (TPSA) is 80.5 Å². The van der Waals surface area contributed by atoms with E-state index in [0.717, 1.165) is 22.5 Å². The quantitative estimate of drug-likeness (QED) is 0.801. The number of fused-ring (bicyclic) bond motifs is 1. The Labute approximate surface area is 120 Å². The standard InChI is InChI=1S/C14H13N5S/c1-2-10-7-17-13(20-10)8-19-12-5-9(6-15)3-4-11(12)18-14(19)16/h3-5,7H,2,8H2,1H3,(H2,16,18). The van der Waals surface area contributed by atoms with Crippen LogP contribution >= 0.6 is 11.3 Å². The Balaban J connectivity index is 2.05. The predicted molar refractivity (Wildman–Crippen MR) is 79.5 cm³/mol. The number of anilines is 1. The molecule has 6 heteroatoms. The number of aromatic nitrogens is 3. The summed E-state index contributed by atoms with van der Waals surface area (Å²) in [6, 6.07) is 7.52. The highest BCUT2D eigenvalue weighted by Crippen LogP contribution is 2.22.